The summed E-state index contributed by atoms with van der Waals surface area (Å²) < 4.78 is 13.1. The van der Waals surface area contributed by atoms with Crippen LogP contribution in [0.2, 0.25) is 5.02 Å². The number of nitrogens with one attached hydrogen (secondary N) is 2. The summed E-state index contributed by atoms with van der Waals surface area (Å²) in [7, 11) is 0. The van der Waals surface area contributed by atoms with Crippen LogP contribution in [0.5, 0.6) is 0 Å². The molecule has 1 aliphatic carbocycles. The topological polar surface area (TPSA) is 66.9 Å². The molecule has 0 saturated heterocycles. The van der Waals surface area contributed by atoms with Crippen LogP contribution in [0.3, 0.4) is 0 Å². The van der Waals surface area contributed by atoms with Gasteiger partial charge < -0.3 is 10.6 Å². The number of halogens is 2. The summed E-state index contributed by atoms with van der Waals surface area (Å²) in [4.78, 5) is 20.1. The molecule has 21 heavy (non-hydrogen) atoms. The van der Waals surface area contributed by atoms with Crippen molar-refractivity contribution in [2.24, 2.45) is 0 Å². The molecule has 7 heteroatoms. The molecule has 0 aliphatic heterocycles. The van der Waals surface area contributed by atoms with E-state index in [-0.39, 0.29) is 28.6 Å². The quantitative estimate of drug-likeness (QED) is 0.911. The van der Waals surface area contributed by atoms with Crippen LogP contribution >= 0.6 is 11.6 Å². The molecule has 3 rings (SSSR count). The first-order valence-electron chi connectivity index (χ1n) is 6.48. The first-order chi connectivity index (χ1) is 10.1. The van der Waals surface area contributed by atoms with Crippen molar-refractivity contribution in [3.05, 3.63) is 47.0 Å². The van der Waals surface area contributed by atoms with Gasteiger partial charge in [0.1, 0.15) is 11.5 Å². The van der Waals surface area contributed by atoms with Crippen molar-refractivity contribution in [1.29, 1.82) is 0 Å². The molecule has 0 atom stereocenters. The molecule has 1 amide bonds. The SMILES string of the molecule is O=C(NC1CC1)c1ccnc(Nc2ccc(F)c(Cl)c2)n1. The molecule has 1 heterocycles. The maximum atomic E-state index is 13.1. The van der Waals surface area contributed by atoms with Crippen molar-refractivity contribution in [1.82, 2.24) is 15.3 Å². The van der Waals surface area contributed by atoms with E-state index in [0.717, 1.165) is 12.8 Å². The van der Waals surface area contributed by atoms with Crippen LogP contribution in [0, 0.1) is 5.82 Å². The van der Waals surface area contributed by atoms with Crippen LogP contribution in [0.25, 0.3) is 0 Å². The summed E-state index contributed by atoms with van der Waals surface area (Å²) >= 11 is 5.71. The zero-order chi connectivity index (χ0) is 14.8. The van der Waals surface area contributed by atoms with Crippen LogP contribution < -0.4 is 10.6 Å². The van der Waals surface area contributed by atoms with Crippen LogP contribution in [-0.4, -0.2) is 21.9 Å². The standard InChI is InChI=1S/C14H12ClFN4O/c15-10-7-9(3-4-11(10)16)19-14-17-6-5-12(20-14)13(21)18-8-1-2-8/h3-8H,1-2H2,(H,18,21)(H,17,19,20). The minimum Gasteiger partial charge on any atom is -0.348 e. The average molecular weight is 307 g/mol. The van der Waals surface area contributed by atoms with Gasteiger partial charge in [-0.05, 0) is 37.1 Å². The van der Waals surface area contributed by atoms with E-state index in [4.69, 9.17) is 11.6 Å². The largest absolute Gasteiger partial charge is 0.348 e. The van der Waals surface area contributed by atoms with Crippen molar-refractivity contribution in [3.63, 3.8) is 0 Å². The fourth-order valence-electron chi connectivity index (χ4n) is 1.74. The number of anilines is 2. The van der Waals surface area contributed by atoms with Gasteiger partial charge in [0, 0.05) is 17.9 Å². The Morgan fingerprint density at radius 3 is 2.86 bits per heavy atom. The summed E-state index contributed by atoms with van der Waals surface area (Å²) in [6.45, 7) is 0. The molecule has 1 saturated carbocycles. The van der Waals surface area contributed by atoms with Crippen molar-refractivity contribution in [3.8, 4) is 0 Å². The number of hydrogen-bond donors (Lipinski definition) is 2. The highest BCUT2D eigenvalue weighted by Crippen LogP contribution is 2.22. The van der Waals surface area contributed by atoms with Gasteiger partial charge in [-0.1, -0.05) is 11.6 Å². The monoisotopic (exact) mass is 306 g/mol. The Balaban J connectivity index is 1.75. The number of hydrogen-bond acceptors (Lipinski definition) is 4. The normalized spacial score (nSPS) is 13.8. The van der Waals surface area contributed by atoms with Gasteiger partial charge >= 0.3 is 0 Å². The van der Waals surface area contributed by atoms with Gasteiger partial charge in [-0.15, -0.1) is 0 Å². The summed E-state index contributed by atoms with van der Waals surface area (Å²) in [5, 5.41) is 5.74. The third kappa shape index (κ3) is 3.46. The Kier molecular flexibility index (Phi) is 3.70. The van der Waals surface area contributed by atoms with Crippen molar-refractivity contribution in [2.75, 3.05) is 5.32 Å². The lowest BCUT2D eigenvalue weighted by Crippen LogP contribution is -2.26. The van der Waals surface area contributed by atoms with Crippen LogP contribution in [0.15, 0.2) is 30.5 Å². The molecule has 1 fully saturated rings. The number of nitrogens with zero attached hydrogens (tertiary/aromatic N) is 2. The van der Waals surface area contributed by atoms with Crippen LogP contribution in [0.1, 0.15) is 23.3 Å². The molecule has 1 aliphatic rings. The number of aromatic nitrogens is 2. The van der Waals surface area contributed by atoms with Crippen LogP contribution in [-0.2, 0) is 0 Å². The first-order valence-corrected chi connectivity index (χ1v) is 6.85. The molecule has 5 nitrogen and oxygen atoms in total. The lowest BCUT2D eigenvalue weighted by atomic mass is 10.3. The Morgan fingerprint density at radius 2 is 2.14 bits per heavy atom. The highest BCUT2D eigenvalue weighted by Gasteiger charge is 2.24. The van der Waals surface area contributed by atoms with Gasteiger partial charge in [-0.2, -0.15) is 0 Å². The average Bonchev–Trinajstić information content (AvgIpc) is 3.27. The van der Waals surface area contributed by atoms with Gasteiger partial charge in [0.15, 0.2) is 0 Å². The van der Waals surface area contributed by atoms with E-state index in [1.54, 1.807) is 6.07 Å². The molecule has 1 aromatic heterocycles. The van der Waals surface area contributed by atoms with E-state index in [2.05, 4.69) is 20.6 Å². The summed E-state index contributed by atoms with van der Waals surface area (Å²) in [6.07, 6.45) is 3.51. The molecule has 2 aromatic rings. The molecule has 108 valence electrons. The Hall–Kier alpha value is -2.21. The molecule has 2 N–H and O–H groups in total. The molecule has 0 spiro atoms. The second kappa shape index (κ2) is 5.65. The maximum Gasteiger partial charge on any atom is 0.270 e. The Labute approximate surface area is 125 Å². The van der Waals surface area contributed by atoms with E-state index in [1.165, 1.54) is 24.4 Å². The predicted octanol–water partition coefficient (Wildman–Crippen LogP) is 2.90. The van der Waals surface area contributed by atoms with Crippen LogP contribution in [0.4, 0.5) is 16.0 Å². The Morgan fingerprint density at radius 1 is 1.33 bits per heavy atom. The van der Waals surface area contributed by atoms with Gasteiger partial charge in [-0.3, -0.25) is 4.79 Å². The second-order valence-corrected chi connectivity index (χ2v) is 5.17. The summed E-state index contributed by atoms with van der Waals surface area (Å²) in [6, 6.07) is 5.99. The molecule has 0 unspecified atom stereocenters. The number of rotatable bonds is 4. The van der Waals surface area contributed by atoms with Gasteiger partial charge in [0.25, 0.3) is 5.91 Å². The molecular weight excluding hydrogens is 295 g/mol. The number of benzene rings is 1. The lowest BCUT2D eigenvalue weighted by Gasteiger charge is -2.07. The fourth-order valence-corrected chi connectivity index (χ4v) is 1.92. The van der Waals surface area contributed by atoms with Gasteiger partial charge in [0.2, 0.25) is 5.95 Å². The molecule has 0 bridgehead atoms. The Bertz CT molecular complexity index is 690. The highest BCUT2D eigenvalue weighted by atomic mass is 35.5. The number of amides is 1. The fraction of sp³-hybridized carbons (Fsp3) is 0.214. The molecule has 0 radical (unpaired) electrons. The molecule has 1 aromatic carbocycles. The minimum atomic E-state index is -0.499. The second-order valence-electron chi connectivity index (χ2n) is 4.77. The van der Waals surface area contributed by atoms with Gasteiger partial charge in [-0.25, -0.2) is 14.4 Å². The zero-order valence-electron chi connectivity index (χ0n) is 10.9. The summed E-state index contributed by atoms with van der Waals surface area (Å²) in [5.41, 5.74) is 0.828. The smallest absolute Gasteiger partial charge is 0.270 e. The van der Waals surface area contributed by atoms with Gasteiger partial charge in [0.05, 0.1) is 5.02 Å². The van der Waals surface area contributed by atoms with Crippen molar-refractivity contribution >= 4 is 29.1 Å². The highest BCUT2D eigenvalue weighted by molar-refractivity contribution is 6.31. The van der Waals surface area contributed by atoms with E-state index in [9.17, 15) is 9.18 Å². The van der Waals surface area contributed by atoms with E-state index in [1.807, 2.05) is 0 Å². The summed E-state index contributed by atoms with van der Waals surface area (Å²) in [5.74, 6) is -0.470. The van der Waals surface area contributed by atoms with Crippen molar-refractivity contribution < 1.29 is 9.18 Å². The zero-order valence-corrected chi connectivity index (χ0v) is 11.7. The maximum absolute atomic E-state index is 13.1. The lowest BCUT2D eigenvalue weighted by molar-refractivity contribution is 0.0946. The van der Waals surface area contributed by atoms with Crippen molar-refractivity contribution in [2.45, 2.75) is 18.9 Å². The molecular formula is C14H12ClFN4O. The third-order valence-corrected chi connectivity index (χ3v) is 3.27. The first kappa shape index (κ1) is 13.8. The predicted molar refractivity (Wildman–Crippen MR) is 77.2 cm³/mol. The van der Waals surface area contributed by atoms with E-state index in [0.29, 0.717) is 5.69 Å². The van der Waals surface area contributed by atoms with E-state index < -0.39 is 5.82 Å². The minimum absolute atomic E-state index is 0.00244. The third-order valence-electron chi connectivity index (χ3n) is 2.98. The number of carbonyl (C=O) groups is 1. The number of carbonyl (C=O) groups excluding carboxylic acids is 1. The van der Waals surface area contributed by atoms with E-state index >= 15 is 0 Å².